The number of carbonyl (C=O) groups excluding carboxylic acids is 1. The summed E-state index contributed by atoms with van der Waals surface area (Å²) < 4.78 is 0. The van der Waals surface area contributed by atoms with E-state index in [-0.39, 0.29) is 11.5 Å². The summed E-state index contributed by atoms with van der Waals surface area (Å²) in [6.45, 7) is 2.69. The van der Waals surface area contributed by atoms with Gasteiger partial charge in [-0.05, 0) is 29.3 Å². The third-order valence-corrected chi connectivity index (χ3v) is 4.64. The van der Waals surface area contributed by atoms with Gasteiger partial charge in [0, 0.05) is 50.5 Å². The normalized spacial score (nSPS) is 15.0. The fourth-order valence-electron chi connectivity index (χ4n) is 3.07. The van der Waals surface area contributed by atoms with Crippen LogP contribution in [0.15, 0.2) is 63.7 Å². The van der Waals surface area contributed by atoms with Gasteiger partial charge in [-0.15, -0.1) is 0 Å². The van der Waals surface area contributed by atoms with E-state index in [1.165, 1.54) is 6.07 Å². The highest BCUT2D eigenvalue weighted by atomic mass is 16.2. The Morgan fingerprint density at radius 2 is 1.89 bits per heavy atom. The van der Waals surface area contributed by atoms with Crippen molar-refractivity contribution in [3.05, 3.63) is 64.2 Å². The molecule has 0 unspecified atom stereocenters. The molecule has 3 rings (SSSR count). The Morgan fingerprint density at radius 3 is 2.48 bits per heavy atom. The number of aromatic amines is 1. The largest absolute Gasteiger partial charge is 0.391 e. The van der Waals surface area contributed by atoms with Crippen LogP contribution in [0.4, 0.5) is 5.69 Å². The molecular formula is C20H23N5O2. The predicted molar refractivity (Wildman–Crippen MR) is 107 cm³/mol. The average Bonchev–Trinajstić information content (AvgIpc) is 2.68. The minimum atomic E-state index is -0.131. The molecule has 1 amide bonds. The van der Waals surface area contributed by atoms with Crippen molar-refractivity contribution in [1.82, 2.24) is 15.2 Å². The van der Waals surface area contributed by atoms with Gasteiger partial charge in [0.05, 0.1) is 12.2 Å². The van der Waals surface area contributed by atoms with E-state index in [4.69, 9.17) is 5.73 Å². The quantitative estimate of drug-likeness (QED) is 0.567. The van der Waals surface area contributed by atoms with Crippen molar-refractivity contribution < 1.29 is 4.79 Å². The molecule has 1 aromatic heterocycles. The molecule has 0 radical (unpaired) electrons. The van der Waals surface area contributed by atoms with Crippen LogP contribution >= 0.6 is 0 Å². The molecule has 0 saturated carbocycles. The van der Waals surface area contributed by atoms with Crippen molar-refractivity contribution >= 4 is 17.4 Å². The van der Waals surface area contributed by atoms with Crippen LogP contribution in [-0.4, -0.2) is 41.8 Å². The molecular weight excluding hydrogens is 342 g/mol. The van der Waals surface area contributed by atoms with E-state index >= 15 is 0 Å². The van der Waals surface area contributed by atoms with Gasteiger partial charge in [0.25, 0.3) is 0 Å². The topological polar surface area (TPSA) is 104 Å². The summed E-state index contributed by atoms with van der Waals surface area (Å²) in [7, 11) is 1.85. The zero-order valence-corrected chi connectivity index (χ0v) is 15.5. The first kappa shape index (κ1) is 18.4. The maximum atomic E-state index is 11.7. The molecule has 0 aliphatic carbocycles. The first-order chi connectivity index (χ1) is 13.0. The van der Waals surface area contributed by atoms with E-state index in [1.54, 1.807) is 24.1 Å². The summed E-state index contributed by atoms with van der Waals surface area (Å²) in [6.07, 6.45) is 2.41. The van der Waals surface area contributed by atoms with Crippen LogP contribution in [0, 0.1) is 0 Å². The third-order valence-electron chi connectivity index (χ3n) is 4.64. The number of rotatable bonds is 4. The van der Waals surface area contributed by atoms with Crippen LogP contribution in [0.1, 0.15) is 13.3 Å². The Labute approximate surface area is 157 Å². The maximum Gasteiger partial charge on any atom is 0.247 e. The molecule has 7 nitrogen and oxygen atoms in total. The smallest absolute Gasteiger partial charge is 0.247 e. The number of carbonyl (C=O) groups is 1. The van der Waals surface area contributed by atoms with Crippen LogP contribution in [0.2, 0.25) is 0 Å². The monoisotopic (exact) mass is 365 g/mol. The summed E-state index contributed by atoms with van der Waals surface area (Å²) >= 11 is 0. The zero-order valence-electron chi connectivity index (χ0n) is 15.5. The van der Waals surface area contributed by atoms with Crippen molar-refractivity contribution in [3.8, 4) is 11.1 Å². The number of amidine groups is 1. The summed E-state index contributed by atoms with van der Waals surface area (Å²) in [6, 6.07) is 10.9. The summed E-state index contributed by atoms with van der Waals surface area (Å²) in [4.78, 5) is 31.8. The molecule has 1 aromatic carbocycles. The lowest BCUT2D eigenvalue weighted by Gasteiger charge is -2.29. The third kappa shape index (κ3) is 4.25. The lowest BCUT2D eigenvalue weighted by atomic mass is 10.0. The molecule has 2 aromatic rings. The minimum Gasteiger partial charge on any atom is -0.391 e. The second kappa shape index (κ2) is 7.90. The van der Waals surface area contributed by atoms with E-state index in [9.17, 15) is 9.59 Å². The van der Waals surface area contributed by atoms with Gasteiger partial charge in [-0.3, -0.25) is 9.59 Å². The Balaban J connectivity index is 1.84. The summed E-state index contributed by atoms with van der Waals surface area (Å²) in [5.41, 5.74) is 10.6. The number of benzene rings is 1. The van der Waals surface area contributed by atoms with Crippen LogP contribution in [-0.2, 0) is 4.79 Å². The molecule has 1 aliphatic heterocycles. The summed E-state index contributed by atoms with van der Waals surface area (Å²) in [5, 5.41) is 3.17. The fourth-order valence-corrected chi connectivity index (χ4v) is 3.07. The minimum absolute atomic E-state index is 0.0284. The highest BCUT2D eigenvalue weighted by Gasteiger charge is 2.22. The van der Waals surface area contributed by atoms with Crippen LogP contribution < -0.4 is 16.6 Å². The molecule has 140 valence electrons. The number of H-pyrrole nitrogens is 1. The molecule has 0 atom stereocenters. The zero-order chi connectivity index (χ0) is 19.4. The first-order valence-corrected chi connectivity index (χ1v) is 8.77. The van der Waals surface area contributed by atoms with Crippen molar-refractivity contribution in [3.63, 3.8) is 0 Å². The Morgan fingerprint density at radius 1 is 1.19 bits per heavy atom. The number of amides is 1. The number of aromatic nitrogens is 1. The Bertz CT molecular complexity index is 937. The van der Waals surface area contributed by atoms with Gasteiger partial charge in [0.15, 0.2) is 0 Å². The van der Waals surface area contributed by atoms with Gasteiger partial charge in [-0.1, -0.05) is 12.1 Å². The molecule has 0 spiro atoms. The lowest BCUT2D eigenvalue weighted by Crippen LogP contribution is -2.40. The van der Waals surface area contributed by atoms with Crippen molar-refractivity contribution in [2.24, 2.45) is 10.7 Å². The highest BCUT2D eigenvalue weighted by Crippen LogP contribution is 2.23. The van der Waals surface area contributed by atoms with Gasteiger partial charge in [0.1, 0.15) is 5.84 Å². The number of hydrogen-bond acceptors (Lipinski definition) is 4. The van der Waals surface area contributed by atoms with Gasteiger partial charge in [0.2, 0.25) is 11.5 Å². The number of hydrogen-bond donors (Lipinski definition) is 3. The number of pyridine rings is 1. The Hall–Kier alpha value is -3.35. The highest BCUT2D eigenvalue weighted by molar-refractivity contribution is 6.00. The van der Waals surface area contributed by atoms with Gasteiger partial charge in [-0.25, -0.2) is 4.99 Å². The fraction of sp³-hybridized carbons (Fsp3) is 0.250. The van der Waals surface area contributed by atoms with Gasteiger partial charge >= 0.3 is 0 Å². The second-order valence-corrected chi connectivity index (χ2v) is 6.38. The molecule has 1 aliphatic rings. The van der Waals surface area contributed by atoms with E-state index < -0.39 is 0 Å². The number of nitrogens with two attached hydrogens (primary N) is 1. The van der Waals surface area contributed by atoms with Crippen LogP contribution in [0.5, 0.6) is 0 Å². The standard InChI is InChI=1S/C20H23N5O2/c1-13(26)25-10-9-18(22-2)17(12-25)20(21)24-16-6-3-14(4-7-16)15-5-8-19(27)23-11-15/h3-8,11,22H,9-10,12H2,1-2H3,(H2,21,24)(H,23,27). The van der Waals surface area contributed by atoms with E-state index in [0.29, 0.717) is 18.9 Å². The van der Waals surface area contributed by atoms with E-state index in [1.807, 2.05) is 31.3 Å². The molecule has 0 saturated heterocycles. The van der Waals surface area contributed by atoms with Gasteiger partial charge < -0.3 is 20.9 Å². The van der Waals surface area contributed by atoms with Crippen molar-refractivity contribution in [1.29, 1.82) is 0 Å². The van der Waals surface area contributed by atoms with E-state index in [2.05, 4.69) is 15.3 Å². The lowest BCUT2D eigenvalue weighted by molar-refractivity contribution is -0.128. The van der Waals surface area contributed by atoms with Crippen LogP contribution in [0.25, 0.3) is 11.1 Å². The molecule has 7 heteroatoms. The second-order valence-electron chi connectivity index (χ2n) is 6.38. The predicted octanol–water partition coefficient (Wildman–Crippen LogP) is 1.76. The summed E-state index contributed by atoms with van der Waals surface area (Å²) in [5.74, 6) is 0.433. The van der Waals surface area contributed by atoms with Crippen LogP contribution in [0.3, 0.4) is 0 Å². The molecule has 2 heterocycles. The molecule has 0 fully saturated rings. The molecule has 27 heavy (non-hydrogen) atoms. The molecule has 4 N–H and O–H groups in total. The Kier molecular flexibility index (Phi) is 5.40. The molecule has 0 bridgehead atoms. The average molecular weight is 365 g/mol. The first-order valence-electron chi connectivity index (χ1n) is 8.77. The van der Waals surface area contributed by atoms with Crippen molar-refractivity contribution in [2.45, 2.75) is 13.3 Å². The number of nitrogens with one attached hydrogen (secondary N) is 2. The van der Waals surface area contributed by atoms with Gasteiger partial charge in [-0.2, -0.15) is 0 Å². The number of aliphatic imine (C=N–C) groups is 1. The SMILES string of the molecule is CNC1=C(C(N)=Nc2ccc(-c3ccc(=O)[nH]c3)cc2)CN(C(C)=O)CC1. The maximum absolute atomic E-state index is 11.7. The van der Waals surface area contributed by atoms with Crippen molar-refractivity contribution in [2.75, 3.05) is 20.1 Å². The van der Waals surface area contributed by atoms with E-state index in [0.717, 1.165) is 34.5 Å². The number of nitrogens with zero attached hydrogens (tertiary/aromatic N) is 2.